The number of esters is 1. The Bertz CT molecular complexity index is 740. The molecule has 8 heteroatoms. The molecule has 0 radical (unpaired) electrons. The Labute approximate surface area is 156 Å². The van der Waals surface area contributed by atoms with Crippen molar-refractivity contribution in [2.24, 2.45) is 0 Å². The average Bonchev–Trinajstić information content (AvgIpc) is 3.13. The van der Waals surface area contributed by atoms with Crippen molar-refractivity contribution in [1.82, 2.24) is 10.6 Å². The molecule has 1 heterocycles. The standard InChI is InChI=1S/C19H22N2O6/c22-17(21-19(24)20-14-4-2-1-3-5-14)11-25-18(23)9-7-13-6-8-15-16(10-13)27-12-26-15/h6-10,14H,1-5,11-12H2,(H2,20,21,22,24)/b9-7+. The van der Waals surface area contributed by atoms with E-state index in [0.717, 1.165) is 31.2 Å². The van der Waals surface area contributed by atoms with Gasteiger partial charge in [-0.1, -0.05) is 25.3 Å². The van der Waals surface area contributed by atoms with Crippen molar-refractivity contribution in [2.75, 3.05) is 13.4 Å². The lowest BCUT2D eigenvalue weighted by Crippen LogP contribution is -2.46. The highest BCUT2D eigenvalue weighted by molar-refractivity contribution is 5.96. The summed E-state index contributed by atoms with van der Waals surface area (Å²) in [6, 6.07) is 4.78. The van der Waals surface area contributed by atoms with Gasteiger partial charge in [-0.15, -0.1) is 0 Å². The summed E-state index contributed by atoms with van der Waals surface area (Å²) < 4.78 is 15.3. The minimum absolute atomic E-state index is 0.0961. The van der Waals surface area contributed by atoms with E-state index in [1.807, 2.05) is 0 Å². The molecule has 27 heavy (non-hydrogen) atoms. The summed E-state index contributed by atoms with van der Waals surface area (Å²) in [6.45, 7) is -0.351. The summed E-state index contributed by atoms with van der Waals surface area (Å²) in [6.07, 6.45) is 7.90. The van der Waals surface area contributed by atoms with E-state index >= 15 is 0 Å². The van der Waals surface area contributed by atoms with Gasteiger partial charge in [0.2, 0.25) is 6.79 Å². The third-order valence-corrected chi connectivity index (χ3v) is 4.35. The molecule has 1 aromatic carbocycles. The van der Waals surface area contributed by atoms with Crippen LogP contribution in [0.3, 0.4) is 0 Å². The van der Waals surface area contributed by atoms with Crippen LogP contribution in [0.25, 0.3) is 6.08 Å². The van der Waals surface area contributed by atoms with Crippen molar-refractivity contribution < 1.29 is 28.6 Å². The molecule has 3 rings (SSSR count). The van der Waals surface area contributed by atoms with Crippen LogP contribution < -0.4 is 20.1 Å². The number of fused-ring (bicyclic) bond motifs is 1. The fourth-order valence-corrected chi connectivity index (χ4v) is 3.00. The van der Waals surface area contributed by atoms with Gasteiger partial charge < -0.3 is 19.5 Å². The van der Waals surface area contributed by atoms with Crippen LogP contribution in [0, 0.1) is 0 Å². The molecule has 0 saturated heterocycles. The molecule has 0 bridgehead atoms. The summed E-state index contributed by atoms with van der Waals surface area (Å²) in [7, 11) is 0. The molecular formula is C19H22N2O6. The van der Waals surface area contributed by atoms with Crippen molar-refractivity contribution in [3.8, 4) is 11.5 Å². The summed E-state index contributed by atoms with van der Waals surface area (Å²) in [5.74, 6) is -0.101. The number of nitrogens with one attached hydrogen (secondary N) is 2. The minimum atomic E-state index is -0.685. The van der Waals surface area contributed by atoms with Crippen molar-refractivity contribution in [1.29, 1.82) is 0 Å². The van der Waals surface area contributed by atoms with E-state index in [4.69, 9.17) is 14.2 Å². The first-order chi connectivity index (χ1) is 13.1. The molecule has 3 amide bonds. The van der Waals surface area contributed by atoms with Crippen LogP contribution in [0.1, 0.15) is 37.7 Å². The van der Waals surface area contributed by atoms with Crippen LogP contribution in [0.2, 0.25) is 0 Å². The van der Waals surface area contributed by atoms with Crippen molar-refractivity contribution in [3.63, 3.8) is 0 Å². The van der Waals surface area contributed by atoms with Crippen LogP contribution in [-0.4, -0.2) is 37.3 Å². The topological polar surface area (TPSA) is 103 Å². The summed E-state index contributed by atoms with van der Waals surface area (Å²) >= 11 is 0. The molecule has 0 atom stereocenters. The average molecular weight is 374 g/mol. The zero-order valence-corrected chi connectivity index (χ0v) is 14.9. The first-order valence-corrected chi connectivity index (χ1v) is 8.95. The lowest BCUT2D eigenvalue weighted by molar-refractivity contribution is -0.143. The maximum Gasteiger partial charge on any atom is 0.331 e. The number of ether oxygens (including phenoxy) is 3. The Hall–Kier alpha value is -3.03. The molecular weight excluding hydrogens is 352 g/mol. The molecule has 2 N–H and O–H groups in total. The van der Waals surface area contributed by atoms with Crippen molar-refractivity contribution in [3.05, 3.63) is 29.8 Å². The number of hydrogen-bond acceptors (Lipinski definition) is 6. The SMILES string of the molecule is O=C(COC(=O)/C=C/c1ccc2c(c1)OCO2)NC(=O)NC1CCCCC1. The number of carbonyl (C=O) groups excluding carboxylic acids is 3. The Kier molecular flexibility index (Phi) is 6.30. The molecule has 1 aliphatic heterocycles. The van der Waals surface area contributed by atoms with Gasteiger partial charge in [-0.3, -0.25) is 10.1 Å². The highest BCUT2D eigenvalue weighted by Gasteiger charge is 2.17. The monoisotopic (exact) mass is 374 g/mol. The smallest absolute Gasteiger partial charge is 0.331 e. The van der Waals surface area contributed by atoms with Gasteiger partial charge in [0.25, 0.3) is 5.91 Å². The summed E-state index contributed by atoms with van der Waals surface area (Å²) in [5, 5.41) is 4.92. The van der Waals surface area contributed by atoms with E-state index < -0.39 is 24.5 Å². The van der Waals surface area contributed by atoms with Crippen LogP contribution >= 0.6 is 0 Å². The van der Waals surface area contributed by atoms with Crippen molar-refractivity contribution >= 4 is 24.0 Å². The molecule has 2 aliphatic rings. The van der Waals surface area contributed by atoms with Gasteiger partial charge in [-0.2, -0.15) is 0 Å². The van der Waals surface area contributed by atoms with Gasteiger partial charge in [0.05, 0.1) is 0 Å². The largest absolute Gasteiger partial charge is 0.454 e. The number of imide groups is 1. The summed E-state index contributed by atoms with van der Waals surface area (Å²) in [4.78, 5) is 35.2. The van der Waals surface area contributed by atoms with Gasteiger partial charge in [0.15, 0.2) is 18.1 Å². The molecule has 1 aromatic rings. The zero-order valence-electron chi connectivity index (χ0n) is 14.9. The first-order valence-electron chi connectivity index (χ1n) is 8.95. The second-order valence-corrected chi connectivity index (χ2v) is 6.41. The van der Waals surface area contributed by atoms with Gasteiger partial charge in [0.1, 0.15) is 0 Å². The van der Waals surface area contributed by atoms with Crippen molar-refractivity contribution in [2.45, 2.75) is 38.1 Å². The molecule has 0 aromatic heterocycles. The van der Waals surface area contributed by atoms with E-state index in [-0.39, 0.29) is 12.8 Å². The van der Waals surface area contributed by atoms with Gasteiger partial charge in [-0.25, -0.2) is 9.59 Å². The lowest BCUT2D eigenvalue weighted by atomic mass is 9.96. The van der Waals surface area contributed by atoms with Gasteiger partial charge in [0, 0.05) is 12.1 Å². The Morgan fingerprint density at radius 1 is 1.11 bits per heavy atom. The fourth-order valence-electron chi connectivity index (χ4n) is 3.00. The van der Waals surface area contributed by atoms with E-state index in [9.17, 15) is 14.4 Å². The number of carbonyl (C=O) groups is 3. The zero-order chi connectivity index (χ0) is 19.1. The highest BCUT2D eigenvalue weighted by atomic mass is 16.7. The molecule has 1 saturated carbocycles. The normalized spacial score (nSPS) is 16.1. The second kappa shape index (κ2) is 9.07. The van der Waals surface area contributed by atoms with Crippen LogP contribution in [0.4, 0.5) is 4.79 Å². The number of benzene rings is 1. The molecule has 8 nitrogen and oxygen atoms in total. The van der Waals surface area contributed by atoms with Crippen LogP contribution in [0.5, 0.6) is 11.5 Å². The predicted molar refractivity (Wildman–Crippen MR) is 96.1 cm³/mol. The van der Waals surface area contributed by atoms with E-state index in [2.05, 4.69) is 10.6 Å². The minimum Gasteiger partial charge on any atom is -0.454 e. The number of rotatable bonds is 5. The van der Waals surface area contributed by atoms with Crippen LogP contribution in [0.15, 0.2) is 24.3 Å². The maximum absolute atomic E-state index is 11.8. The molecule has 1 aliphatic carbocycles. The third kappa shape index (κ3) is 5.73. The fraction of sp³-hybridized carbons (Fsp3) is 0.421. The van der Waals surface area contributed by atoms with E-state index in [1.54, 1.807) is 18.2 Å². The van der Waals surface area contributed by atoms with E-state index in [1.165, 1.54) is 18.6 Å². The second-order valence-electron chi connectivity index (χ2n) is 6.41. The molecule has 1 fully saturated rings. The quantitative estimate of drug-likeness (QED) is 0.605. The maximum atomic E-state index is 11.8. The summed E-state index contributed by atoms with van der Waals surface area (Å²) in [5.41, 5.74) is 0.729. The van der Waals surface area contributed by atoms with Crippen LogP contribution in [-0.2, 0) is 14.3 Å². The Balaban J connectivity index is 1.38. The Morgan fingerprint density at radius 2 is 1.89 bits per heavy atom. The predicted octanol–water partition coefficient (Wildman–Crippen LogP) is 2.13. The lowest BCUT2D eigenvalue weighted by Gasteiger charge is -2.22. The number of hydrogen-bond donors (Lipinski definition) is 2. The van der Waals surface area contributed by atoms with Gasteiger partial charge >= 0.3 is 12.0 Å². The van der Waals surface area contributed by atoms with E-state index in [0.29, 0.717) is 11.5 Å². The number of amides is 3. The number of urea groups is 1. The highest BCUT2D eigenvalue weighted by Crippen LogP contribution is 2.32. The first kappa shape index (κ1) is 18.8. The molecule has 0 spiro atoms. The Morgan fingerprint density at radius 3 is 2.70 bits per heavy atom. The molecule has 0 unspecified atom stereocenters. The molecule has 144 valence electrons. The van der Waals surface area contributed by atoms with Gasteiger partial charge in [-0.05, 0) is 36.6 Å². The third-order valence-electron chi connectivity index (χ3n) is 4.35.